The Balaban J connectivity index is 2.03. The molecule has 6 heteroatoms. The van der Waals surface area contributed by atoms with Crippen molar-refractivity contribution in [3.8, 4) is 5.88 Å². The summed E-state index contributed by atoms with van der Waals surface area (Å²) in [4.78, 5) is 12.2. The van der Waals surface area contributed by atoms with Gasteiger partial charge in [0.05, 0.1) is 5.52 Å². The number of azo groups is 1. The zero-order chi connectivity index (χ0) is 17.3. The van der Waals surface area contributed by atoms with Crippen LogP contribution in [-0.4, -0.2) is 15.6 Å². The third-order valence-electron chi connectivity index (χ3n) is 3.81. The van der Waals surface area contributed by atoms with Gasteiger partial charge in [0.1, 0.15) is 0 Å². The number of carbonyl (C=O) groups excluding carboxylic acids is 1. The SMILES string of the molecule is CCn1c(O)c(N=NC(=O)c2ccc(Br)cc2)c2cc(C)ccc21. The average molecular weight is 386 g/mol. The molecule has 0 spiro atoms. The largest absolute Gasteiger partial charge is 0.493 e. The number of nitrogens with zero attached hydrogens (tertiary/aromatic N) is 3. The Labute approximate surface area is 147 Å². The average Bonchev–Trinajstić information content (AvgIpc) is 2.83. The van der Waals surface area contributed by atoms with Gasteiger partial charge in [-0.2, -0.15) is 0 Å². The molecule has 1 heterocycles. The Morgan fingerprint density at radius 2 is 1.92 bits per heavy atom. The number of benzene rings is 2. The number of fused-ring (bicyclic) bond motifs is 1. The van der Waals surface area contributed by atoms with Gasteiger partial charge in [0.2, 0.25) is 5.88 Å². The highest BCUT2D eigenvalue weighted by molar-refractivity contribution is 9.10. The summed E-state index contributed by atoms with van der Waals surface area (Å²) in [6, 6.07) is 12.7. The molecule has 1 amide bonds. The van der Waals surface area contributed by atoms with Crippen LogP contribution in [0.2, 0.25) is 0 Å². The number of halogens is 1. The van der Waals surface area contributed by atoms with Gasteiger partial charge < -0.3 is 9.67 Å². The lowest BCUT2D eigenvalue weighted by Gasteiger charge is -2.01. The van der Waals surface area contributed by atoms with E-state index < -0.39 is 5.91 Å². The van der Waals surface area contributed by atoms with E-state index in [4.69, 9.17) is 0 Å². The number of rotatable bonds is 3. The van der Waals surface area contributed by atoms with Crippen LogP contribution in [0.5, 0.6) is 5.88 Å². The maximum atomic E-state index is 12.2. The lowest BCUT2D eigenvalue weighted by molar-refractivity contribution is 0.0995. The van der Waals surface area contributed by atoms with Gasteiger partial charge in [-0.1, -0.05) is 27.6 Å². The fraction of sp³-hybridized carbons (Fsp3) is 0.167. The fourth-order valence-corrected chi connectivity index (χ4v) is 2.87. The molecule has 0 saturated carbocycles. The number of aryl methyl sites for hydroxylation is 2. The first-order valence-corrected chi connectivity index (χ1v) is 8.34. The van der Waals surface area contributed by atoms with Crippen molar-refractivity contribution in [2.45, 2.75) is 20.4 Å². The van der Waals surface area contributed by atoms with Gasteiger partial charge in [-0.05, 0) is 50.2 Å². The molecule has 0 atom stereocenters. The second-order valence-corrected chi connectivity index (χ2v) is 6.36. The maximum Gasteiger partial charge on any atom is 0.295 e. The second-order valence-electron chi connectivity index (χ2n) is 5.45. The molecular weight excluding hydrogens is 370 g/mol. The molecule has 3 rings (SSSR count). The summed E-state index contributed by atoms with van der Waals surface area (Å²) in [7, 11) is 0. The molecule has 0 saturated heterocycles. The second kappa shape index (κ2) is 6.57. The van der Waals surface area contributed by atoms with E-state index in [1.807, 2.05) is 32.0 Å². The van der Waals surface area contributed by atoms with Crippen molar-refractivity contribution < 1.29 is 9.90 Å². The predicted octanol–water partition coefficient (Wildman–Crippen LogP) is 5.36. The van der Waals surface area contributed by atoms with Crippen molar-refractivity contribution in [3.05, 3.63) is 58.1 Å². The highest BCUT2D eigenvalue weighted by Gasteiger charge is 2.16. The van der Waals surface area contributed by atoms with Crippen LogP contribution in [0.3, 0.4) is 0 Å². The van der Waals surface area contributed by atoms with Gasteiger partial charge in [0.25, 0.3) is 5.91 Å². The van der Waals surface area contributed by atoms with Gasteiger partial charge in [-0.25, -0.2) is 0 Å². The van der Waals surface area contributed by atoms with Crippen LogP contribution < -0.4 is 0 Å². The van der Waals surface area contributed by atoms with E-state index in [1.54, 1.807) is 28.8 Å². The van der Waals surface area contributed by atoms with Crippen molar-refractivity contribution in [2.24, 2.45) is 10.2 Å². The molecule has 3 aromatic rings. The lowest BCUT2D eigenvalue weighted by Crippen LogP contribution is -1.92. The summed E-state index contributed by atoms with van der Waals surface area (Å²) in [6.45, 7) is 4.50. The molecule has 24 heavy (non-hydrogen) atoms. The normalized spacial score (nSPS) is 11.5. The summed E-state index contributed by atoms with van der Waals surface area (Å²) in [5, 5.41) is 19.0. The van der Waals surface area contributed by atoms with Crippen LogP contribution in [0.25, 0.3) is 10.9 Å². The Hall–Kier alpha value is -2.47. The molecule has 0 bridgehead atoms. The number of hydrogen-bond acceptors (Lipinski definition) is 3. The van der Waals surface area contributed by atoms with Crippen LogP contribution >= 0.6 is 15.9 Å². The van der Waals surface area contributed by atoms with Crippen molar-refractivity contribution in [3.63, 3.8) is 0 Å². The quantitative estimate of drug-likeness (QED) is 0.616. The minimum absolute atomic E-state index is 0.0189. The van der Waals surface area contributed by atoms with Gasteiger partial charge in [-0.15, -0.1) is 10.2 Å². The van der Waals surface area contributed by atoms with Gasteiger partial charge in [-0.3, -0.25) is 4.79 Å². The predicted molar refractivity (Wildman–Crippen MR) is 97.0 cm³/mol. The summed E-state index contributed by atoms with van der Waals surface area (Å²) < 4.78 is 2.63. The zero-order valence-electron chi connectivity index (χ0n) is 13.3. The number of carbonyl (C=O) groups is 1. The van der Waals surface area contributed by atoms with E-state index in [1.165, 1.54) is 0 Å². The highest BCUT2D eigenvalue weighted by atomic mass is 79.9. The number of aromatic nitrogens is 1. The minimum Gasteiger partial charge on any atom is -0.493 e. The van der Waals surface area contributed by atoms with Gasteiger partial charge in [0.15, 0.2) is 5.69 Å². The Morgan fingerprint density at radius 3 is 2.58 bits per heavy atom. The third-order valence-corrected chi connectivity index (χ3v) is 4.34. The Bertz CT molecular complexity index is 943. The Morgan fingerprint density at radius 1 is 1.21 bits per heavy atom. The molecule has 1 N–H and O–H groups in total. The van der Waals surface area contributed by atoms with Crippen LogP contribution in [0, 0.1) is 6.92 Å². The van der Waals surface area contributed by atoms with Crippen LogP contribution in [0.1, 0.15) is 22.8 Å². The summed E-state index contributed by atoms with van der Waals surface area (Å²) in [5.41, 5.74) is 2.68. The van der Waals surface area contributed by atoms with Crippen molar-refractivity contribution in [1.29, 1.82) is 0 Å². The molecule has 0 aliphatic heterocycles. The molecule has 0 aliphatic rings. The molecule has 122 valence electrons. The summed E-state index contributed by atoms with van der Waals surface area (Å²) in [6.07, 6.45) is 0. The standard InChI is InChI=1S/C18H16BrN3O2/c1-3-22-15-9-4-11(2)10-14(15)16(18(22)24)20-21-17(23)12-5-7-13(19)8-6-12/h4-10,24H,3H2,1-2H3. The van der Waals surface area contributed by atoms with Crippen LogP contribution in [0.4, 0.5) is 5.69 Å². The van der Waals surface area contributed by atoms with E-state index in [2.05, 4.69) is 26.2 Å². The number of hydrogen-bond donors (Lipinski definition) is 1. The molecule has 0 fully saturated rings. The topological polar surface area (TPSA) is 66.9 Å². The first-order valence-electron chi connectivity index (χ1n) is 7.54. The van der Waals surface area contributed by atoms with Crippen LogP contribution in [0.15, 0.2) is 57.2 Å². The minimum atomic E-state index is -0.452. The zero-order valence-corrected chi connectivity index (χ0v) is 14.9. The first kappa shape index (κ1) is 16.4. The molecule has 0 aliphatic carbocycles. The first-order chi connectivity index (χ1) is 11.5. The van der Waals surface area contributed by atoms with Gasteiger partial charge in [0, 0.05) is 22.0 Å². The summed E-state index contributed by atoms with van der Waals surface area (Å²) >= 11 is 3.32. The van der Waals surface area contributed by atoms with Crippen LogP contribution in [-0.2, 0) is 6.54 Å². The van der Waals surface area contributed by atoms with E-state index >= 15 is 0 Å². The van der Waals surface area contributed by atoms with Gasteiger partial charge >= 0.3 is 0 Å². The van der Waals surface area contributed by atoms with Crippen molar-refractivity contribution in [2.75, 3.05) is 0 Å². The van der Waals surface area contributed by atoms with E-state index in [0.29, 0.717) is 17.8 Å². The molecule has 1 aromatic heterocycles. The van der Waals surface area contributed by atoms with E-state index in [-0.39, 0.29) is 5.88 Å². The molecule has 5 nitrogen and oxygen atoms in total. The van der Waals surface area contributed by atoms with Crippen molar-refractivity contribution in [1.82, 2.24) is 4.57 Å². The maximum absolute atomic E-state index is 12.2. The van der Waals surface area contributed by atoms with E-state index in [0.717, 1.165) is 20.9 Å². The molecule has 0 radical (unpaired) electrons. The third kappa shape index (κ3) is 2.97. The van der Waals surface area contributed by atoms with E-state index in [9.17, 15) is 9.90 Å². The fourth-order valence-electron chi connectivity index (χ4n) is 2.60. The molecule has 0 unspecified atom stereocenters. The summed E-state index contributed by atoms with van der Waals surface area (Å²) in [5.74, 6) is -0.433. The molecular formula is C18H16BrN3O2. The highest BCUT2D eigenvalue weighted by Crippen LogP contribution is 2.39. The lowest BCUT2D eigenvalue weighted by atomic mass is 10.1. The van der Waals surface area contributed by atoms with Crippen molar-refractivity contribution >= 4 is 38.4 Å². The monoisotopic (exact) mass is 385 g/mol. The smallest absolute Gasteiger partial charge is 0.295 e. The number of amides is 1. The Kier molecular flexibility index (Phi) is 4.49. The number of aromatic hydroxyl groups is 1. The molecule has 2 aromatic carbocycles.